The molecule has 3 heterocycles. The summed E-state index contributed by atoms with van der Waals surface area (Å²) in [6.45, 7) is 0. The molecule has 0 saturated carbocycles. The zero-order valence-electron chi connectivity index (χ0n) is 15.3. The molecule has 1 aliphatic rings. The summed E-state index contributed by atoms with van der Waals surface area (Å²) in [4.78, 5) is 15.1. The SMILES string of the molecule is NC(=O)c1nnc2[nH]cc3c2c1-c1ccccc1NC3c1ccc(C(F)(F)F)cc1. The van der Waals surface area contributed by atoms with Crippen molar-refractivity contribution in [1.82, 2.24) is 15.2 Å². The fourth-order valence-electron chi connectivity index (χ4n) is 3.89. The minimum atomic E-state index is -4.41. The number of benzene rings is 2. The predicted octanol–water partition coefficient (Wildman–Crippen LogP) is 4.26. The fraction of sp³-hybridized carbons (Fsp3) is 0.0952. The van der Waals surface area contributed by atoms with Crippen LogP contribution in [0.15, 0.2) is 54.7 Å². The number of nitrogens with two attached hydrogens (primary N) is 1. The quantitative estimate of drug-likeness (QED) is 0.461. The van der Waals surface area contributed by atoms with Crippen LogP contribution in [0.25, 0.3) is 22.2 Å². The van der Waals surface area contributed by atoms with Crippen molar-refractivity contribution in [3.63, 3.8) is 0 Å². The van der Waals surface area contributed by atoms with E-state index in [1.165, 1.54) is 12.1 Å². The standard InChI is InChI=1S/C21H14F3N5O/c22-21(23,24)11-7-5-10(6-8-11)17-13-9-26-20-16(13)15(18(19(25)30)28-29-20)12-3-1-2-4-14(12)27-17/h1-9,17,27H,(H2,25,30)(H,26,29). The highest BCUT2D eigenvalue weighted by Crippen LogP contribution is 2.44. The Morgan fingerprint density at radius 2 is 1.77 bits per heavy atom. The van der Waals surface area contributed by atoms with Crippen molar-refractivity contribution in [2.45, 2.75) is 12.2 Å². The molecule has 5 rings (SSSR count). The largest absolute Gasteiger partial charge is 0.416 e. The van der Waals surface area contributed by atoms with E-state index in [1.807, 2.05) is 24.3 Å². The number of fused-ring (bicyclic) bond motifs is 2. The number of alkyl halides is 3. The number of carbonyl (C=O) groups is 1. The van der Waals surface area contributed by atoms with Crippen LogP contribution in [-0.2, 0) is 6.18 Å². The van der Waals surface area contributed by atoms with Crippen molar-refractivity contribution in [3.8, 4) is 11.1 Å². The minimum absolute atomic E-state index is 0.0330. The lowest BCUT2D eigenvalue weighted by Gasteiger charge is -2.20. The molecule has 1 amide bonds. The number of rotatable bonds is 2. The van der Waals surface area contributed by atoms with Crippen LogP contribution < -0.4 is 11.1 Å². The molecule has 4 aromatic rings. The first-order valence-electron chi connectivity index (χ1n) is 9.05. The molecular weight excluding hydrogens is 395 g/mol. The number of primary amides is 1. The number of hydrogen-bond donors (Lipinski definition) is 3. The van der Waals surface area contributed by atoms with E-state index < -0.39 is 23.7 Å². The van der Waals surface area contributed by atoms with E-state index in [1.54, 1.807) is 6.20 Å². The van der Waals surface area contributed by atoms with Crippen LogP contribution >= 0.6 is 0 Å². The smallest absolute Gasteiger partial charge is 0.374 e. The van der Waals surface area contributed by atoms with E-state index in [0.717, 1.165) is 17.7 Å². The summed E-state index contributed by atoms with van der Waals surface area (Å²) in [5, 5.41) is 12.1. The number of H-pyrrole nitrogens is 1. The molecule has 150 valence electrons. The first-order chi connectivity index (χ1) is 14.3. The Bertz CT molecular complexity index is 1290. The van der Waals surface area contributed by atoms with Gasteiger partial charge in [0.05, 0.1) is 11.6 Å². The normalized spacial score (nSPS) is 15.4. The van der Waals surface area contributed by atoms with E-state index in [4.69, 9.17) is 5.73 Å². The lowest BCUT2D eigenvalue weighted by molar-refractivity contribution is -0.137. The van der Waals surface area contributed by atoms with Gasteiger partial charge in [0.1, 0.15) is 0 Å². The topological polar surface area (TPSA) is 96.7 Å². The summed E-state index contributed by atoms with van der Waals surface area (Å²) in [6, 6.07) is 11.8. The molecule has 0 spiro atoms. The number of nitrogens with one attached hydrogen (secondary N) is 2. The highest BCUT2D eigenvalue weighted by atomic mass is 19.4. The number of nitrogens with zero attached hydrogens (tertiary/aromatic N) is 2. The Labute approximate surface area is 167 Å². The van der Waals surface area contributed by atoms with Crippen LogP contribution in [0.2, 0.25) is 0 Å². The molecule has 1 unspecified atom stereocenters. The van der Waals surface area contributed by atoms with Gasteiger partial charge in [-0.3, -0.25) is 4.79 Å². The molecule has 2 aromatic heterocycles. The molecule has 1 atom stereocenters. The molecule has 2 aromatic carbocycles. The highest BCUT2D eigenvalue weighted by molar-refractivity contribution is 6.10. The van der Waals surface area contributed by atoms with Gasteiger partial charge in [-0.05, 0) is 23.8 Å². The fourth-order valence-corrected chi connectivity index (χ4v) is 3.89. The van der Waals surface area contributed by atoms with Crippen molar-refractivity contribution in [3.05, 3.63) is 77.1 Å². The van der Waals surface area contributed by atoms with E-state index in [-0.39, 0.29) is 5.69 Å². The third-order valence-electron chi connectivity index (χ3n) is 5.24. The van der Waals surface area contributed by atoms with Crippen molar-refractivity contribution < 1.29 is 18.0 Å². The Morgan fingerprint density at radius 3 is 2.47 bits per heavy atom. The Balaban J connectivity index is 1.78. The molecule has 4 N–H and O–H groups in total. The maximum atomic E-state index is 13.0. The van der Waals surface area contributed by atoms with Crippen LogP contribution in [-0.4, -0.2) is 21.1 Å². The Hall–Kier alpha value is -3.88. The molecule has 0 fully saturated rings. The Kier molecular flexibility index (Phi) is 3.82. The number of halogens is 3. The molecule has 0 radical (unpaired) electrons. The summed E-state index contributed by atoms with van der Waals surface area (Å²) in [7, 11) is 0. The van der Waals surface area contributed by atoms with Gasteiger partial charge in [-0.25, -0.2) is 0 Å². The summed E-state index contributed by atoms with van der Waals surface area (Å²) in [5.74, 6) is -0.714. The number of hydrogen-bond acceptors (Lipinski definition) is 4. The molecule has 6 nitrogen and oxygen atoms in total. The average Bonchev–Trinajstić information content (AvgIpc) is 3.08. The van der Waals surface area contributed by atoms with Gasteiger partial charge < -0.3 is 16.0 Å². The summed E-state index contributed by atoms with van der Waals surface area (Å²) in [6.07, 6.45) is -2.70. The summed E-state index contributed by atoms with van der Waals surface area (Å²) in [5.41, 5.74) is 8.64. The number of para-hydroxylation sites is 1. The number of aromatic amines is 1. The second kappa shape index (κ2) is 6.31. The average molecular weight is 409 g/mol. The first kappa shape index (κ1) is 18.2. The molecule has 0 aliphatic carbocycles. The maximum absolute atomic E-state index is 13.0. The second-order valence-electron chi connectivity index (χ2n) is 7.00. The van der Waals surface area contributed by atoms with Crippen molar-refractivity contribution >= 4 is 22.6 Å². The third-order valence-corrected chi connectivity index (χ3v) is 5.24. The molecule has 0 bridgehead atoms. The van der Waals surface area contributed by atoms with Gasteiger partial charge in [0.25, 0.3) is 5.91 Å². The van der Waals surface area contributed by atoms with Crippen LogP contribution in [0.4, 0.5) is 18.9 Å². The van der Waals surface area contributed by atoms with E-state index in [9.17, 15) is 18.0 Å². The first-order valence-corrected chi connectivity index (χ1v) is 9.05. The lowest BCUT2D eigenvalue weighted by atomic mass is 9.95. The van der Waals surface area contributed by atoms with Crippen molar-refractivity contribution in [1.29, 1.82) is 0 Å². The van der Waals surface area contributed by atoms with Crippen molar-refractivity contribution in [2.75, 3.05) is 5.32 Å². The molecule has 0 saturated heterocycles. The lowest BCUT2D eigenvalue weighted by Crippen LogP contribution is -2.15. The Morgan fingerprint density at radius 1 is 1.03 bits per heavy atom. The molecule has 30 heavy (non-hydrogen) atoms. The van der Waals surface area contributed by atoms with E-state index >= 15 is 0 Å². The zero-order valence-corrected chi connectivity index (χ0v) is 15.3. The molecule has 9 heteroatoms. The van der Waals surface area contributed by atoms with Gasteiger partial charge in [0, 0.05) is 34.0 Å². The van der Waals surface area contributed by atoms with Crippen LogP contribution in [0.1, 0.15) is 33.2 Å². The predicted molar refractivity (Wildman–Crippen MR) is 105 cm³/mol. The zero-order chi connectivity index (χ0) is 21.0. The van der Waals surface area contributed by atoms with Crippen LogP contribution in [0.3, 0.4) is 0 Å². The van der Waals surface area contributed by atoms with Gasteiger partial charge in [-0.2, -0.15) is 13.2 Å². The number of carbonyl (C=O) groups excluding carboxylic acids is 1. The van der Waals surface area contributed by atoms with Crippen molar-refractivity contribution in [2.24, 2.45) is 5.73 Å². The number of amides is 1. The van der Waals surface area contributed by atoms with E-state index in [2.05, 4.69) is 20.5 Å². The van der Waals surface area contributed by atoms with Crippen LogP contribution in [0, 0.1) is 0 Å². The van der Waals surface area contributed by atoms with Crippen LogP contribution in [0.5, 0.6) is 0 Å². The van der Waals surface area contributed by atoms with E-state index in [0.29, 0.717) is 33.4 Å². The third kappa shape index (κ3) is 2.70. The molecular formula is C21H14F3N5O. The van der Waals surface area contributed by atoms with Gasteiger partial charge >= 0.3 is 6.18 Å². The van der Waals surface area contributed by atoms with Gasteiger partial charge in [0.2, 0.25) is 0 Å². The van der Waals surface area contributed by atoms with Gasteiger partial charge in [-0.15, -0.1) is 10.2 Å². The summed E-state index contributed by atoms with van der Waals surface area (Å²) < 4.78 is 39.0. The highest BCUT2D eigenvalue weighted by Gasteiger charge is 2.32. The second-order valence-corrected chi connectivity index (χ2v) is 7.00. The number of anilines is 1. The van der Waals surface area contributed by atoms with Gasteiger partial charge in [0.15, 0.2) is 11.3 Å². The minimum Gasteiger partial charge on any atom is -0.374 e. The molecule has 1 aliphatic heterocycles. The maximum Gasteiger partial charge on any atom is 0.416 e. The number of aromatic nitrogens is 3. The monoisotopic (exact) mass is 409 g/mol. The summed E-state index contributed by atoms with van der Waals surface area (Å²) >= 11 is 0. The van der Waals surface area contributed by atoms with Gasteiger partial charge in [-0.1, -0.05) is 30.3 Å².